The van der Waals surface area contributed by atoms with E-state index in [-0.39, 0.29) is 39.3 Å². The Kier molecular flexibility index (Phi) is 6.69. The molecule has 0 fully saturated rings. The zero-order valence-corrected chi connectivity index (χ0v) is 19.1. The van der Waals surface area contributed by atoms with Gasteiger partial charge < -0.3 is 14.8 Å². The Hall–Kier alpha value is -4.05. The van der Waals surface area contributed by atoms with E-state index in [1.54, 1.807) is 43.5 Å². The molecular weight excluding hydrogens is 461 g/mol. The fraction of sp³-hybridized carbons (Fsp3) is 0.167. The molecule has 0 unspecified atom stereocenters. The Morgan fingerprint density at radius 3 is 2.65 bits per heavy atom. The second-order valence-electron chi connectivity index (χ2n) is 7.00. The molecule has 174 valence electrons. The molecule has 0 aliphatic carbocycles. The quantitative estimate of drug-likeness (QED) is 0.393. The summed E-state index contributed by atoms with van der Waals surface area (Å²) in [6, 6.07) is 12.0. The second-order valence-corrected chi connectivity index (χ2v) is 7.88. The normalized spacial score (nSPS) is 10.8. The van der Waals surface area contributed by atoms with Crippen LogP contribution in [0.4, 0.5) is 9.39 Å². The summed E-state index contributed by atoms with van der Waals surface area (Å²) >= 11 is 1.07. The maximum absolute atomic E-state index is 13.9. The molecule has 2 aromatic carbocycles. The van der Waals surface area contributed by atoms with Gasteiger partial charge in [-0.05, 0) is 44.2 Å². The first-order valence-corrected chi connectivity index (χ1v) is 11.3. The number of nitrogens with one attached hydrogen (secondary N) is 1. The molecule has 8 nitrogen and oxygen atoms in total. The molecular formula is C24H20FN3O5S. The number of rotatable bonds is 7. The van der Waals surface area contributed by atoms with Crippen molar-refractivity contribution in [2.45, 2.75) is 13.8 Å². The minimum atomic E-state index is -0.741. The zero-order chi connectivity index (χ0) is 24.2. The van der Waals surface area contributed by atoms with Crippen LogP contribution < -0.4 is 15.6 Å². The lowest BCUT2D eigenvalue weighted by Gasteiger charge is -2.11. The lowest BCUT2D eigenvalue weighted by atomic mass is 10.2. The third-order valence-corrected chi connectivity index (χ3v) is 5.73. The average molecular weight is 482 g/mol. The van der Waals surface area contributed by atoms with E-state index in [1.807, 2.05) is 0 Å². The molecule has 2 heterocycles. The van der Waals surface area contributed by atoms with Gasteiger partial charge in [-0.1, -0.05) is 18.2 Å². The Balaban J connectivity index is 1.87. The highest BCUT2D eigenvalue weighted by Crippen LogP contribution is 2.32. The van der Waals surface area contributed by atoms with Crippen LogP contribution in [-0.4, -0.2) is 34.9 Å². The van der Waals surface area contributed by atoms with E-state index in [2.05, 4.69) is 10.4 Å². The van der Waals surface area contributed by atoms with Crippen molar-refractivity contribution in [3.63, 3.8) is 0 Å². The number of aromatic nitrogens is 2. The first kappa shape index (κ1) is 23.1. The third-order valence-electron chi connectivity index (χ3n) is 4.83. The van der Waals surface area contributed by atoms with Gasteiger partial charge in [-0.2, -0.15) is 9.78 Å². The predicted octanol–water partition coefficient (Wildman–Crippen LogP) is 4.41. The number of halogens is 1. The summed E-state index contributed by atoms with van der Waals surface area (Å²) in [7, 11) is 0. The van der Waals surface area contributed by atoms with Crippen LogP contribution in [0.3, 0.4) is 0 Å². The molecule has 0 bridgehead atoms. The molecule has 34 heavy (non-hydrogen) atoms. The van der Waals surface area contributed by atoms with E-state index in [4.69, 9.17) is 9.47 Å². The lowest BCUT2D eigenvalue weighted by molar-refractivity contribution is 0.0520. The Bertz CT molecular complexity index is 1450. The number of para-hydroxylation sites is 1. The van der Waals surface area contributed by atoms with Gasteiger partial charge in [-0.3, -0.25) is 9.59 Å². The molecule has 0 radical (unpaired) electrons. The van der Waals surface area contributed by atoms with Gasteiger partial charge in [0.25, 0.3) is 11.5 Å². The second kappa shape index (κ2) is 9.84. The Morgan fingerprint density at radius 1 is 1.12 bits per heavy atom. The summed E-state index contributed by atoms with van der Waals surface area (Å²) in [5, 5.41) is 8.96. The van der Waals surface area contributed by atoms with Gasteiger partial charge in [0.2, 0.25) is 0 Å². The van der Waals surface area contributed by atoms with E-state index >= 15 is 0 Å². The molecule has 4 rings (SSSR count). The molecule has 1 amide bonds. The summed E-state index contributed by atoms with van der Waals surface area (Å²) in [5.41, 5.74) is -0.325. The minimum absolute atomic E-state index is 0.0644. The van der Waals surface area contributed by atoms with Crippen LogP contribution in [0.15, 0.2) is 58.7 Å². The lowest BCUT2D eigenvalue weighted by Crippen LogP contribution is -2.25. The van der Waals surface area contributed by atoms with Gasteiger partial charge in [0.15, 0.2) is 5.69 Å². The van der Waals surface area contributed by atoms with Crippen molar-refractivity contribution in [2.24, 2.45) is 0 Å². The van der Waals surface area contributed by atoms with E-state index in [9.17, 15) is 18.8 Å². The first-order chi connectivity index (χ1) is 16.4. The van der Waals surface area contributed by atoms with Crippen molar-refractivity contribution in [1.82, 2.24) is 9.78 Å². The van der Waals surface area contributed by atoms with Crippen LogP contribution in [0.1, 0.15) is 34.7 Å². The number of ether oxygens (including phenoxy) is 2. The molecule has 1 N–H and O–H groups in total. The van der Waals surface area contributed by atoms with Crippen LogP contribution in [0.2, 0.25) is 0 Å². The molecule has 2 aromatic heterocycles. The van der Waals surface area contributed by atoms with Crippen LogP contribution in [-0.2, 0) is 4.74 Å². The van der Waals surface area contributed by atoms with Gasteiger partial charge >= 0.3 is 5.97 Å². The summed E-state index contributed by atoms with van der Waals surface area (Å²) < 4.78 is 25.4. The van der Waals surface area contributed by atoms with Crippen LogP contribution in [0.25, 0.3) is 16.5 Å². The van der Waals surface area contributed by atoms with Crippen molar-refractivity contribution < 1.29 is 23.5 Å². The number of fused-ring (bicyclic) bond motifs is 1. The summed E-state index contributed by atoms with van der Waals surface area (Å²) in [5.74, 6) is -1.40. The number of nitrogens with zero attached hydrogens (tertiary/aromatic N) is 2. The maximum atomic E-state index is 13.9. The number of hydrogen-bond donors (Lipinski definition) is 1. The monoisotopic (exact) mass is 481 g/mol. The van der Waals surface area contributed by atoms with E-state index in [0.29, 0.717) is 12.4 Å². The van der Waals surface area contributed by atoms with E-state index in [1.165, 1.54) is 18.2 Å². The zero-order valence-electron chi connectivity index (χ0n) is 18.3. The number of anilines is 1. The molecule has 0 aliphatic heterocycles. The van der Waals surface area contributed by atoms with Crippen molar-refractivity contribution >= 4 is 39.0 Å². The smallest absolute Gasteiger partial charge is 0.359 e. The standard InChI is InChI=1S/C24H20FN3O5S/c1-3-32-18-11-6-5-10-16(18)21(29)26-22-19-17(13-34-22)20(24(31)33-4-2)27-28(23(19)30)15-9-7-8-14(25)12-15/h5-13H,3-4H2,1-2H3,(H,26,29). The molecule has 4 aromatic rings. The molecule has 0 atom stereocenters. The Morgan fingerprint density at radius 2 is 1.91 bits per heavy atom. The topological polar surface area (TPSA) is 99.5 Å². The van der Waals surface area contributed by atoms with Crippen molar-refractivity contribution in [3.05, 3.63) is 81.3 Å². The maximum Gasteiger partial charge on any atom is 0.359 e. The number of esters is 1. The number of benzene rings is 2. The molecule has 0 spiro atoms. The van der Waals surface area contributed by atoms with Gasteiger partial charge in [0.1, 0.15) is 16.6 Å². The number of carbonyl (C=O) groups is 2. The minimum Gasteiger partial charge on any atom is -0.493 e. The summed E-state index contributed by atoms with van der Waals surface area (Å²) in [6.07, 6.45) is 0. The van der Waals surface area contributed by atoms with Crippen LogP contribution in [0.5, 0.6) is 5.75 Å². The highest BCUT2D eigenvalue weighted by atomic mass is 32.1. The van der Waals surface area contributed by atoms with Crippen molar-refractivity contribution in [2.75, 3.05) is 18.5 Å². The number of thiophene rings is 1. The number of amides is 1. The van der Waals surface area contributed by atoms with E-state index < -0.39 is 23.3 Å². The number of hydrogen-bond acceptors (Lipinski definition) is 7. The van der Waals surface area contributed by atoms with E-state index in [0.717, 1.165) is 22.1 Å². The van der Waals surface area contributed by atoms with Gasteiger partial charge in [-0.25, -0.2) is 9.18 Å². The van der Waals surface area contributed by atoms with Crippen LogP contribution >= 0.6 is 11.3 Å². The van der Waals surface area contributed by atoms with Gasteiger partial charge in [0, 0.05) is 10.8 Å². The fourth-order valence-corrected chi connectivity index (χ4v) is 4.31. The number of carbonyl (C=O) groups excluding carboxylic acids is 2. The van der Waals surface area contributed by atoms with Crippen molar-refractivity contribution in [3.8, 4) is 11.4 Å². The van der Waals surface area contributed by atoms with Crippen molar-refractivity contribution in [1.29, 1.82) is 0 Å². The highest BCUT2D eigenvalue weighted by molar-refractivity contribution is 7.16. The molecule has 0 saturated heterocycles. The SMILES string of the molecule is CCOC(=O)c1nn(-c2cccc(F)c2)c(=O)c2c(NC(=O)c3ccccc3OCC)scc12. The Labute approximate surface area is 197 Å². The largest absolute Gasteiger partial charge is 0.493 e. The van der Waals surface area contributed by atoms with Gasteiger partial charge in [0.05, 0.1) is 29.9 Å². The summed E-state index contributed by atoms with van der Waals surface area (Å²) in [6.45, 7) is 3.93. The first-order valence-electron chi connectivity index (χ1n) is 10.4. The molecule has 0 saturated carbocycles. The van der Waals surface area contributed by atoms with Crippen LogP contribution in [0, 0.1) is 5.82 Å². The predicted molar refractivity (Wildman–Crippen MR) is 127 cm³/mol. The highest BCUT2D eigenvalue weighted by Gasteiger charge is 2.24. The fourth-order valence-electron chi connectivity index (χ4n) is 3.38. The third kappa shape index (κ3) is 4.40. The molecule has 0 aliphatic rings. The molecule has 10 heteroatoms. The van der Waals surface area contributed by atoms with Gasteiger partial charge in [-0.15, -0.1) is 11.3 Å². The average Bonchev–Trinajstić information content (AvgIpc) is 3.24. The summed E-state index contributed by atoms with van der Waals surface area (Å²) in [4.78, 5) is 39.0.